The molecule has 5 nitrogen and oxygen atoms in total. The molecule has 2 rings (SSSR count). The molecule has 25 heavy (non-hydrogen) atoms. The van der Waals surface area contributed by atoms with Crippen LogP contribution in [-0.2, 0) is 10.0 Å². The Balaban J connectivity index is 1.83. The summed E-state index contributed by atoms with van der Waals surface area (Å²) in [5.41, 5.74) is 1.66. The molecule has 2 N–H and O–H groups in total. The van der Waals surface area contributed by atoms with Crippen LogP contribution in [-0.4, -0.2) is 33.2 Å². The number of amides is 1. The Morgan fingerprint density at radius 2 is 1.68 bits per heavy atom. The van der Waals surface area contributed by atoms with E-state index in [1.54, 1.807) is 18.7 Å². The van der Waals surface area contributed by atoms with Crippen LogP contribution < -0.4 is 10.0 Å². The molecule has 2 aromatic rings. The standard InChI is InChI=1S/C18H22N2O3S2/c1-3-20-25(22,23)17-10-6-15(7-11-17)18(21)19-12-13-24-16-8-4-14(2)5-9-16/h4-11,20H,3,12-13H2,1-2H3,(H,19,21). The molecular formula is C18H22N2O3S2. The van der Waals surface area contributed by atoms with Crippen LogP contribution in [0.3, 0.4) is 0 Å². The number of benzene rings is 2. The summed E-state index contributed by atoms with van der Waals surface area (Å²) in [5.74, 6) is 0.554. The molecule has 134 valence electrons. The Bertz CT molecular complexity index is 801. The summed E-state index contributed by atoms with van der Waals surface area (Å²) in [4.78, 5) is 13.4. The Labute approximate surface area is 153 Å². The van der Waals surface area contributed by atoms with Gasteiger partial charge in [0.25, 0.3) is 5.91 Å². The van der Waals surface area contributed by atoms with Crippen molar-refractivity contribution in [2.75, 3.05) is 18.8 Å². The molecule has 1 amide bonds. The van der Waals surface area contributed by atoms with Crippen LogP contribution in [0.4, 0.5) is 0 Å². The van der Waals surface area contributed by atoms with Gasteiger partial charge in [0.2, 0.25) is 10.0 Å². The van der Waals surface area contributed by atoms with E-state index in [1.165, 1.54) is 29.8 Å². The van der Waals surface area contributed by atoms with Gasteiger partial charge in [-0.3, -0.25) is 4.79 Å². The normalized spacial score (nSPS) is 11.3. The van der Waals surface area contributed by atoms with Gasteiger partial charge in [-0.05, 0) is 43.3 Å². The van der Waals surface area contributed by atoms with Gasteiger partial charge in [-0.25, -0.2) is 13.1 Å². The lowest BCUT2D eigenvalue weighted by Gasteiger charge is -2.07. The summed E-state index contributed by atoms with van der Waals surface area (Å²) in [7, 11) is -3.49. The van der Waals surface area contributed by atoms with Crippen molar-refractivity contribution in [1.29, 1.82) is 0 Å². The number of nitrogens with one attached hydrogen (secondary N) is 2. The molecule has 0 fully saturated rings. The minimum atomic E-state index is -3.49. The first-order valence-corrected chi connectivity index (χ1v) is 10.5. The summed E-state index contributed by atoms with van der Waals surface area (Å²) < 4.78 is 26.1. The fourth-order valence-corrected chi connectivity index (χ4v) is 3.94. The SMILES string of the molecule is CCNS(=O)(=O)c1ccc(C(=O)NCCSc2ccc(C)cc2)cc1. The fourth-order valence-electron chi connectivity index (χ4n) is 2.13. The monoisotopic (exact) mass is 378 g/mol. The van der Waals surface area contributed by atoms with Gasteiger partial charge in [0.05, 0.1) is 4.90 Å². The minimum Gasteiger partial charge on any atom is -0.351 e. The smallest absolute Gasteiger partial charge is 0.251 e. The van der Waals surface area contributed by atoms with E-state index < -0.39 is 10.0 Å². The number of carbonyl (C=O) groups excluding carboxylic acids is 1. The van der Waals surface area contributed by atoms with E-state index in [-0.39, 0.29) is 10.8 Å². The minimum absolute atomic E-state index is 0.154. The van der Waals surface area contributed by atoms with E-state index in [9.17, 15) is 13.2 Å². The van der Waals surface area contributed by atoms with E-state index in [4.69, 9.17) is 0 Å². The molecule has 0 bridgehead atoms. The highest BCUT2D eigenvalue weighted by atomic mass is 32.2. The van der Waals surface area contributed by atoms with Gasteiger partial charge in [0.15, 0.2) is 0 Å². The zero-order valence-electron chi connectivity index (χ0n) is 14.3. The maximum atomic E-state index is 12.1. The van der Waals surface area contributed by atoms with Gasteiger partial charge in [-0.2, -0.15) is 0 Å². The molecule has 0 aliphatic rings. The third-order valence-corrected chi connectivity index (χ3v) is 6.01. The molecule has 0 radical (unpaired) electrons. The molecule has 0 spiro atoms. The average molecular weight is 379 g/mol. The summed E-state index contributed by atoms with van der Waals surface area (Å²) in [5, 5.41) is 2.84. The molecule has 0 unspecified atom stereocenters. The summed E-state index contributed by atoms with van der Waals surface area (Å²) in [6.45, 7) is 4.62. The van der Waals surface area contributed by atoms with Crippen molar-refractivity contribution in [2.24, 2.45) is 0 Å². The second-order valence-corrected chi connectivity index (χ2v) is 8.38. The van der Waals surface area contributed by atoms with Gasteiger partial charge >= 0.3 is 0 Å². The number of sulfonamides is 1. The van der Waals surface area contributed by atoms with Crippen LogP contribution in [0.15, 0.2) is 58.3 Å². The van der Waals surface area contributed by atoms with Gasteiger partial charge in [0, 0.05) is 29.3 Å². The molecule has 2 aromatic carbocycles. The van der Waals surface area contributed by atoms with E-state index in [2.05, 4.69) is 34.3 Å². The zero-order valence-corrected chi connectivity index (χ0v) is 15.9. The van der Waals surface area contributed by atoms with Crippen LogP contribution in [0.2, 0.25) is 0 Å². The third-order valence-electron chi connectivity index (χ3n) is 3.44. The second-order valence-electron chi connectivity index (χ2n) is 5.44. The van der Waals surface area contributed by atoms with Gasteiger partial charge in [-0.15, -0.1) is 11.8 Å². The molecule has 0 aliphatic carbocycles. The van der Waals surface area contributed by atoms with E-state index >= 15 is 0 Å². The number of aryl methyl sites for hydroxylation is 1. The fraction of sp³-hybridized carbons (Fsp3) is 0.278. The average Bonchev–Trinajstić information content (AvgIpc) is 2.60. The first kappa shape index (κ1) is 19.5. The Kier molecular flexibility index (Phi) is 7.04. The quantitative estimate of drug-likeness (QED) is 0.547. The highest BCUT2D eigenvalue weighted by molar-refractivity contribution is 7.99. The number of hydrogen-bond donors (Lipinski definition) is 2. The maximum absolute atomic E-state index is 12.1. The molecule has 0 atom stereocenters. The van der Waals surface area contributed by atoms with Crippen molar-refractivity contribution in [1.82, 2.24) is 10.0 Å². The maximum Gasteiger partial charge on any atom is 0.251 e. The molecule has 0 heterocycles. The van der Waals surface area contributed by atoms with E-state index in [0.717, 1.165) is 10.6 Å². The van der Waals surface area contributed by atoms with Crippen molar-refractivity contribution in [3.63, 3.8) is 0 Å². The lowest BCUT2D eigenvalue weighted by Crippen LogP contribution is -2.26. The summed E-state index contributed by atoms with van der Waals surface area (Å²) in [6.07, 6.45) is 0. The lowest BCUT2D eigenvalue weighted by atomic mass is 10.2. The number of hydrogen-bond acceptors (Lipinski definition) is 4. The van der Waals surface area contributed by atoms with Gasteiger partial charge in [0.1, 0.15) is 0 Å². The Hall–Kier alpha value is -1.83. The predicted molar refractivity (Wildman–Crippen MR) is 102 cm³/mol. The van der Waals surface area contributed by atoms with Crippen molar-refractivity contribution < 1.29 is 13.2 Å². The number of thioether (sulfide) groups is 1. The van der Waals surface area contributed by atoms with Crippen molar-refractivity contribution in [3.8, 4) is 0 Å². The Morgan fingerprint density at radius 3 is 2.28 bits per heavy atom. The van der Waals surface area contributed by atoms with Crippen molar-refractivity contribution >= 4 is 27.7 Å². The first-order valence-electron chi connectivity index (χ1n) is 8.00. The van der Waals surface area contributed by atoms with Crippen LogP contribution in [0.5, 0.6) is 0 Å². The van der Waals surface area contributed by atoms with Gasteiger partial charge < -0.3 is 5.32 Å². The molecule has 0 saturated heterocycles. The zero-order chi connectivity index (χ0) is 18.3. The van der Waals surface area contributed by atoms with Crippen molar-refractivity contribution in [3.05, 3.63) is 59.7 Å². The van der Waals surface area contributed by atoms with Crippen LogP contribution >= 0.6 is 11.8 Å². The number of rotatable bonds is 8. The first-order chi connectivity index (χ1) is 11.9. The third kappa shape index (κ3) is 5.88. The van der Waals surface area contributed by atoms with Crippen LogP contribution in [0.1, 0.15) is 22.8 Å². The van der Waals surface area contributed by atoms with Crippen molar-refractivity contribution in [2.45, 2.75) is 23.6 Å². The Morgan fingerprint density at radius 1 is 1.04 bits per heavy atom. The van der Waals surface area contributed by atoms with E-state index in [1.807, 2.05) is 6.92 Å². The molecule has 0 aliphatic heterocycles. The topological polar surface area (TPSA) is 75.3 Å². The molecule has 0 aromatic heterocycles. The highest BCUT2D eigenvalue weighted by Gasteiger charge is 2.13. The van der Waals surface area contributed by atoms with Crippen LogP contribution in [0.25, 0.3) is 0 Å². The molecule has 7 heteroatoms. The lowest BCUT2D eigenvalue weighted by molar-refractivity contribution is 0.0956. The number of carbonyl (C=O) groups is 1. The summed E-state index contributed by atoms with van der Waals surface area (Å²) >= 11 is 1.68. The second kappa shape index (κ2) is 9.03. The largest absolute Gasteiger partial charge is 0.351 e. The highest BCUT2D eigenvalue weighted by Crippen LogP contribution is 2.17. The molecule has 0 saturated carbocycles. The molecular weight excluding hydrogens is 356 g/mol. The predicted octanol–water partition coefficient (Wildman–Crippen LogP) is 2.82. The van der Waals surface area contributed by atoms with E-state index in [0.29, 0.717) is 18.7 Å². The van der Waals surface area contributed by atoms with Crippen LogP contribution in [0, 0.1) is 6.92 Å². The summed E-state index contributed by atoms with van der Waals surface area (Å²) in [6, 6.07) is 14.2. The van der Waals surface area contributed by atoms with Gasteiger partial charge in [-0.1, -0.05) is 24.6 Å².